The van der Waals surface area contributed by atoms with Gasteiger partial charge in [0.2, 0.25) is 5.91 Å². The first kappa shape index (κ1) is 78.3. The molecule has 0 saturated heterocycles. The maximum absolute atomic E-state index is 15.6. The highest BCUT2D eigenvalue weighted by molar-refractivity contribution is 14.1. The summed E-state index contributed by atoms with van der Waals surface area (Å²) in [5.41, 5.74) is -2.35. The topological polar surface area (TPSA) is 403 Å². The fourth-order valence-electron chi connectivity index (χ4n) is 7.64. The molecular weight excluding hydrogens is 2130 g/mol. The Hall–Kier alpha value is 0.0400. The summed E-state index contributed by atoms with van der Waals surface area (Å²) < 4.78 is -0.572. The number of halogens is 9. The normalized spacial score (nSPS) is 14.7. The Morgan fingerprint density at radius 3 is 0.976 bits per heavy atom. The van der Waals surface area contributed by atoms with Crippen LogP contribution in [0.1, 0.15) is 71.6 Å². The number of benzene rings is 3. The van der Waals surface area contributed by atoms with Crippen molar-refractivity contribution in [2.75, 3.05) is 81.0 Å². The van der Waals surface area contributed by atoms with E-state index < -0.39 is 136 Å². The molecule has 84 heavy (non-hydrogen) atoms. The molecule has 3 aromatic carbocycles. The van der Waals surface area contributed by atoms with Crippen molar-refractivity contribution >= 4 is 279 Å². The number of nitrogens with zero attached hydrogens (tertiary/aromatic N) is 5. The largest absolute Gasteiger partial charge is 0.394 e. The van der Waals surface area contributed by atoms with Gasteiger partial charge < -0.3 is 86.6 Å². The second-order valence-corrected chi connectivity index (χ2v) is 28.6. The zero-order valence-electron chi connectivity index (χ0n) is 45.2. The Morgan fingerprint density at radius 2 is 0.690 bits per heavy atom. The minimum Gasteiger partial charge on any atom is -0.394 e. The summed E-state index contributed by atoms with van der Waals surface area (Å²) in [7, 11) is 3.86. The van der Waals surface area contributed by atoms with E-state index in [4.69, 9.17) is 0 Å². The van der Waals surface area contributed by atoms with Crippen LogP contribution in [0.2, 0.25) is 0 Å². The quantitative estimate of drug-likeness (QED) is 0.0514. The summed E-state index contributed by atoms with van der Waals surface area (Å²) in [6, 6.07) is 0. The maximum Gasteiger partial charge on any atom is 0.263 e. The van der Waals surface area contributed by atoms with E-state index >= 15 is 14.4 Å². The van der Waals surface area contributed by atoms with Crippen molar-refractivity contribution in [1.82, 2.24) is 14.7 Å². The number of hydrogen-bond donors (Lipinski definition) is 14. The van der Waals surface area contributed by atoms with Crippen molar-refractivity contribution in [2.45, 2.75) is 95.5 Å². The van der Waals surface area contributed by atoms with Crippen molar-refractivity contribution in [3.05, 3.63) is 48.8 Å². The third-order valence-electron chi connectivity index (χ3n) is 12.1. The lowest BCUT2D eigenvalue weighted by Gasteiger charge is -2.36. The van der Waals surface area contributed by atoms with Crippen LogP contribution in [0, 0.1) is 32.1 Å². The molecule has 26 nitrogen and oxygen atoms in total. The van der Waals surface area contributed by atoms with Gasteiger partial charge in [0.05, 0.1) is 139 Å². The van der Waals surface area contributed by atoms with Crippen LogP contribution in [0.4, 0.5) is 34.1 Å². The van der Waals surface area contributed by atoms with Crippen LogP contribution in [0.15, 0.2) is 0 Å². The molecule has 3 aromatic rings. The molecule has 9 unspecified atom stereocenters. The molecular formula is C49H60I9N7O19. The Morgan fingerprint density at radius 1 is 0.417 bits per heavy atom. The zero-order valence-corrected chi connectivity index (χ0v) is 64.6. The van der Waals surface area contributed by atoms with Crippen molar-refractivity contribution in [2.24, 2.45) is 0 Å². The van der Waals surface area contributed by atoms with Gasteiger partial charge in [-0.1, -0.05) is 6.92 Å². The monoisotopic (exact) mass is 2190 g/mol. The molecule has 0 spiro atoms. The van der Waals surface area contributed by atoms with Gasteiger partial charge in [-0.2, -0.15) is 0 Å². The predicted molar refractivity (Wildman–Crippen MR) is 383 cm³/mol. The average Bonchev–Trinajstić information content (AvgIpc) is 3.07. The predicted octanol–water partition coefficient (Wildman–Crippen LogP) is 2.64. The Bertz CT molecular complexity index is 3000. The number of carbonyl (C=O) groups is 7. The van der Waals surface area contributed by atoms with E-state index in [1.165, 1.54) is 21.1 Å². The molecule has 0 fully saturated rings. The van der Waals surface area contributed by atoms with E-state index in [1.54, 1.807) is 210 Å². The maximum atomic E-state index is 15.6. The molecule has 0 heterocycles. The molecule has 14 N–H and O–H groups in total. The van der Waals surface area contributed by atoms with E-state index in [9.17, 15) is 80.5 Å². The van der Waals surface area contributed by atoms with Crippen molar-refractivity contribution in [3.8, 4) is 0 Å². The van der Waals surface area contributed by atoms with Gasteiger partial charge in [-0.25, -0.2) is 0 Å². The van der Waals surface area contributed by atoms with E-state index in [0.29, 0.717) is 0 Å². The van der Waals surface area contributed by atoms with Crippen molar-refractivity contribution in [3.63, 3.8) is 0 Å². The van der Waals surface area contributed by atoms with Crippen LogP contribution < -0.4 is 20.4 Å². The molecule has 9 atom stereocenters. The highest BCUT2D eigenvalue weighted by atomic mass is 127. The minimum atomic E-state index is -2.36. The lowest BCUT2D eigenvalue weighted by Crippen LogP contribution is -2.44. The fourth-order valence-corrected chi connectivity index (χ4v) is 21.0. The average molecular weight is 2190 g/mol. The summed E-state index contributed by atoms with van der Waals surface area (Å²) in [6.07, 6.45) is -16.2. The standard InChI is InChI=1S/C49H60I9N7O19/c1-8-9-22(75)64(37-28(52)23(46(81)61(5)10-19(72)13-66)26(50)35(32(37)56)59-44(79)41(76)16(2)69)39-30(54)25(48(83)63(7)12-21(74)15-68)31(55)40(34(39)58)65(49(84)43(78)18(4)71)38-29(53)24(47(82)62(6)11-20(73)14-67)27(51)36(33(38)57)60-45(80)42(77)17(3)70/h16-21,41-43,66-74,76-78H,8-15H2,1-7H3,(H,59,79)(H,60,80). The Kier molecular flexibility index (Phi) is 32.3. The first-order valence-electron chi connectivity index (χ1n) is 24.6. The number of rotatable bonds is 26. The summed E-state index contributed by atoms with van der Waals surface area (Å²) >= 11 is 15.8. The number of likely N-dealkylation sites (N-methyl/N-ethyl adjacent to an activating group) is 3. The molecule has 0 aliphatic carbocycles. The number of aliphatic hydroxyl groups excluding tert-OH is 12. The SMILES string of the molecule is CCCC(=O)N(c1c(I)c(NC(=O)C(O)C(C)O)c(I)c(C(=O)N(C)CC(O)CO)c1I)c1c(I)c(C(=O)N(C)CC(O)CO)c(I)c(N(C(=O)C(O)C(C)O)c2c(I)c(NC(=O)C(O)C(C)O)c(I)c(C(=O)N(C)CC(O)CO)c2I)c1I. The third kappa shape index (κ3) is 18.0. The molecule has 0 aromatic heterocycles. The van der Waals surface area contributed by atoms with Gasteiger partial charge in [-0.15, -0.1) is 0 Å². The van der Waals surface area contributed by atoms with Crippen LogP contribution in [-0.4, -0.2) is 233 Å². The fraction of sp³-hybridized carbons (Fsp3) is 0.490. The van der Waals surface area contributed by atoms with Gasteiger partial charge >= 0.3 is 0 Å². The van der Waals surface area contributed by atoms with Gasteiger partial charge in [0.1, 0.15) is 0 Å². The number of carbonyl (C=O) groups excluding carboxylic acids is 7. The van der Waals surface area contributed by atoms with Crippen LogP contribution in [0.3, 0.4) is 0 Å². The smallest absolute Gasteiger partial charge is 0.263 e. The molecule has 3 rings (SSSR count). The lowest BCUT2D eigenvalue weighted by molar-refractivity contribution is -0.131. The number of amides is 7. The number of hydrogen-bond acceptors (Lipinski definition) is 19. The summed E-state index contributed by atoms with van der Waals surface area (Å²) in [6.45, 7) is 1.31. The second kappa shape index (κ2) is 34.6. The summed E-state index contributed by atoms with van der Waals surface area (Å²) in [4.78, 5) is 109. The molecule has 0 saturated carbocycles. The molecule has 7 amide bonds. The first-order chi connectivity index (χ1) is 38.9. The number of aliphatic hydroxyl groups is 12. The summed E-state index contributed by atoms with van der Waals surface area (Å²) in [5, 5.41) is 131. The van der Waals surface area contributed by atoms with E-state index in [-0.39, 0.29) is 95.8 Å². The van der Waals surface area contributed by atoms with Gasteiger partial charge in [0.15, 0.2) is 18.3 Å². The van der Waals surface area contributed by atoms with Crippen LogP contribution in [0.5, 0.6) is 0 Å². The number of anilines is 6. The van der Waals surface area contributed by atoms with E-state index in [2.05, 4.69) is 10.6 Å². The van der Waals surface area contributed by atoms with E-state index in [0.717, 1.165) is 45.3 Å². The molecule has 0 aliphatic rings. The van der Waals surface area contributed by atoms with Gasteiger partial charge in [-0.3, -0.25) is 43.4 Å². The van der Waals surface area contributed by atoms with Crippen LogP contribution >= 0.6 is 203 Å². The third-order valence-corrected chi connectivity index (χ3v) is 21.6. The first-order valence-corrected chi connectivity index (χ1v) is 34.3. The second-order valence-electron chi connectivity index (χ2n) is 18.8. The highest BCUT2D eigenvalue weighted by Gasteiger charge is 2.43. The Balaban J connectivity index is 3.05. The highest BCUT2D eigenvalue weighted by Crippen LogP contribution is 2.53. The number of nitrogens with one attached hydrogen (secondary N) is 2. The van der Waals surface area contributed by atoms with Gasteiger partial charge in [0.25, 0.3) is 35.4 Å². The lowest BCUT2D eigenvalue weighted by atomic mass is 10.0. The van der Waals surface area contributed by atoms with E-state index in [1.807, 2.05) is 0 Å². The van der Waals surface area contributed by atoms with Gasteiger partial charge in [-0.05, 0) is 231 Å². The molecule has 0 radical (unpaired) electrons. The molecule has 468 valence electrons. The minimum absolute atomic E-state index is 0.00409. The zero-order chi connectivity index (χ0) is 64.6. The van der Waals surface area contributed by atoms with Gasteiger partial charge in [0, 0.05) is 47.2 Å². The Labute approximate surface area is 605 Å². The molecule has 0 bridgehead atoms. The molecule has 35 heteroatoms. The van der Waals surface area contributed by atoms with Crippen molar-refractivity contribution in [1.29, 1.82) is 0 Å². The molecule has 0 aliphatic heterocycles. The van der Waals surface area contributed by atoms with Crippen LogP contribution in [-0.2, 0) is 19.2 Å². The summed E-state index contributed by atoms with van der Waals surface area (Å²) in [5.74, 6) is -7.10. The van der Waals surface area contributed by atoms with Crippen LogP contribution in [0.25, 0.3) is 0 Å². The van der Waals surface area contributed by atoms with Crippen molar-refractivity contribution < 1.29 is 94.8 Å².